The number of benzene rings is 2. The molecule has 3 rings (SSSR count). The Morgan fingerprint density at radius 1 is 1.22 bits per heavy atom. The maximum Gasteiger partial charge on any atom is 0.231 e. The molecule has 0 bridgehead atoms. The van der Waals surface area contributed by atoms with Crippen LogP contribution in [0.1, 0.15) is 17.0 Å². The van der Waals surface area contributed by atoms with Crippen LogP contribution in [0.5, 0.6) is 17.2 Å². The fraction of sp³-hybridized carbons (Fsp3) is 0.286. The zero-order chi connectivity index (χ0) is 19.2. The van der Waals surface area contributed by atoms with Crippen LogP contribution < -0.4 is 14.0 Å². The Morgan fingerprint density at radius 2 is 1.93 bits per heavy atom. The molecule has 0 amide bonds. The van der Waals surface area contributed by atoms with E-state index >= 15 is 0 Å². The first-order chi connectivity index (χ1) is 13.2. The van der Waals surface area contributed by atoms with Gasteiger partial charge in [0.25, 0.3) is 0 Å². The number of hydrogen-bond donors (Lipinski definition) is 0. The van der Waals surface area contributed by atoms with Gasteiger partial charge in [0.2, 0.25) is 6.79 Å². The molecule has 0 aromatic heterocycles. The Labute approximate surface area is 161 Å². The summed E-state index contributed by atoms with van der Waals surface area (Å²) >= 11 is 0. The summed E-state index contributed by atoms with van der Waals surface area (Å²) in [6.07, 6.45) is 2.74. The molecule has 0 saturated heterocycles. The molecule has 2 aromatic rings. The molecule has 4 unspecified atom stereocenters. The standard InChI is InChI=1S/C21H23O5P/c1-3-14(12-23-2)17(11-22)21(15-7-5-4-6-8-15)16-9-19-20(25-13-24-19)10-18(16)26-27/h3-11,14,17,21H,1,12-13,27H2,2H3. The maximum atomic E-state index is 12.2. The first-order valence-electron chi connectivity index (χ1n) is 8.65. The number of fused-ring (bicyclic) bond motifs is 1. The van der Waals surface area contributed by atoms with Gasteiger partial charge in [-0.3, -0.25) is 0 Å². The highest BCUT2D eigenvalue weighted by atomic mass is 31.0. The lowest BCUT2D eigenvalue weighted by Crippen LogP contribution is -2.26. The van der Waals surface area contributed by atoms with Crippen molar-refractivity contribution in [1.82, 2.24) is 0 Å². The van der Waals surface area contributed by atoms with E-state index in [0.717, 1.165) is 17.4 Å². The molecule has 0 saturated carbocycles. The first kappa shape index (κ1) is 19.4. The average molecular weight is 386 g/mol. The van der Waals surface area contributed by atoms with Crippen LogP contribution in [-0.4, -0.2) is 26.8 Å². The summed E-state index contributed by atoms with van der Waals surface area (Å²) in [6, 6.07) is 13.6. The van der Waals surface area contributed by atoms with Crippen LogP contribution >= 0.6 is 9.47 Å². The Morgan fingerprint density at radius 3 is 2.52 bits per heavy atom. The molecule has 1 aliphatic rings. The average Bonchev–Trinajstić information content (AvgIpc) is 3.17. The maximum absolute atomic E-state index is 12.2. The molecule has 1 heterocycles. The van der Waals surface area contributed by atoms with Crippen molar-refractivity contribution in [2.45, 2.75) is 5.92 Å². The molecule has 0 N–H and O–H groups in total. The molecule has 6 heteroatoms. The molecule has 1 aliphatic heterocycles. The van der Waals surface area contributed by atoms with E-state index in [1.807, 2.05) is 36.4 Å². The van der Waals surface area contributed by atoms with Gasteiger partial charge in [0.05, 0.1) is 16.1 Å². The fourth-order valence-electron chi connectivity index (χ4n) is 3.51. The number of carbonyl (C=O) groups excluding carboxylic acids is 1. The first-order valence-corrected chi connectivity index (χ1v) is 9.12. The van der Waals surface area contributed by atoms with E-state index in [1.54, 1.807) is 19.3 Å². The molecule has 4 atom stereocenters. The van der Waals surface area contributed by atoms with E-state index in [2.05, 4.69) is 16.0 Å². The highest BCUT2D eigenvalue weighted by Crippen LogP contribution is 2.46. The molecular weight excluding hydrogens is 363 g/mol. The zero-order valence-electron chi connectivity index (χ0n) is 15.2. The molecule has 0 spiro atoms. The molecule has 27 heavy (non-hydrogen) atoms. The van der Waals surface area contributed by atoms with Crippen LogP contribution in [0.2, 0.25) is 0 Å². The van der Waals surface area contributed by atoms with Gasteiger partial charge in [-0.1, -0.05) is 36.4 Å². The predicted octanol–water partition coefficient (Wildman–Crippen LogP) is 3.98. The van der Waals surface area contributed by atoms with Crippen LogP contribution in [-0.2, 0) is 9.53 Å². The second kappa shape index (κ2) is 9.03. The predicted molar refractivity (Wildman–Crippen MR) is 106 cm³/mol. The number of methoxy groups -OCH3 is 1. The third kappa shape index (κ3) is 4.00. The van der Waals surface area contributed by atoms with Gasteiger partial charge >= 0.3 is 0 Å². The van der Waals surface area contributed by atoms with Crippen LogP contribution in [0.4, 0.5) is 0 Å². The number of hydrogen-bond acceptors (Lipinski definition) is 5. The lowest BCUT2D eigenvalue weighted by atomic mass is 9.75. The van der Waals surface area contributed by atoms with Gasteiger partial charge in [0.1, 0.15) is 12.0 Å². The molecule has 0 aliphatic carbocycles. The third-order valence-electron chi connectivity index (χ3n) is 4.82. The van der Waals surface area contributed by atoms with Gasteiger partial charge in [-0.15, -0.1) is 6.58 Å². The van der Waals surface area contributed by atoms with Gasteiger partial charge < -0.3 is 23.5 Å². The molecule has 0 radical (unpaired) electrons. The van der Waals surface area contributed by atoms with E-state index in [-0.39, 0.29) is 24.5 Å². The van der Waals surface area contributed by atoms with Crippen molar-refractivity contribution >= 4 is 15.8 Å². The summed E-state index contributed by atoms with van der Waals surface area (Å²) in [7, 11) is 3.88. The number of ether oxygens (including phenoxy) is 3. The summed E-state index contributed by atoms with van der Waals surface area (Å²) in [4.78, 5) is 12.2. The minimum absolute atomic E-state index is 0.152. The second-order valence-electron chi connectivity index (χ2n) is 6.32. The molecule has 5 nitrogen and oxygen atoms in total. The van der Waals surface area contributed by atoms with Crippen molar-refractivity contribution in [3.05, 3.63) is 66.2 Å². The van der Waals surface area contributed by atoms with E-state index < -0.39 is 0 Å². The van der Waals surface area contributed by atoms with E-state index in [0.29, 0.717) is 23.9 Å². The summed E-state index contributed by atoms with van der Waals surface area (Å²) in [6.45, 7) is 4.47. The smallest absolute Gasteiger partial charge is 0.231 e. The second-order valence-corrected chi connectivity index (χ2v) is 6.55. The van der Waals surface area contributed by atoms with Crippen molar-refractivity contribution in [3.63, 3.8) is 0 Å². The van der Waals surface area contributed by atoms with Crippen molar-refractivity contribution in [3.8, 4) is 17.2 Å². The van der Waals surface area contributed by atoms with E-state index in [9.17, 15) is 4.79 Å². The minimum Gasteiger partial charge on any atom is -0.480 e. The Hall–Kier alpha value is -2.36. The molecule has 142 valence electrons. The van der Waals surface area contributed by atoms with Gasteiger partial charge in [-0.25, -0.2) is 0 Å². The quantitative estimate of drug-likeness (QED) is 0.371. The summed E-state index contributed by atoms with van der Waals surface area (Å²) in [5.41, 5.74) is 1.85. The van der Waals surface area contributed by atoms with Gasteiger partial charge in [-0.2, -0.15) is 0 Å². The fourth-order valence-corrected chi connectivity index (χ4v) is 3.71. The molecule has 2 aromatic carbocycles. The lowest BCUT2D eigenvalue weighted by Gasteiger charge is -2.30. The molecular formula is C21H23O5P. The largest absolute Gasteiger partial charge is 0.480 e. The highest BCUT2D eigenvalue weighted by Gasteiger charge is 2.34. The normalized spacial score (nSPS) is 15.6. The van der Waals surface area contributed by atoms with Crippen LogP contribution in [0.3, 0.4) is 0 Å². The van der Waals surface area contributed by atoms with Gasteiger partial charge in [0.15, 0.2) is 11.5 Å². The van der Waals surface area contributed by atoms with Crippen molar-refractivity contribution < 1.29 is 23.5 Å². The van der Waals surface area contributed by atoms with Crippen molar-refractivity contribution in [2.24, 2.45) is 11.8 Å². The van der Waals surface area contributed by atoms with Crippen LogP contribution in [0.15, 0.2) is 55.1 Å². The lowest BCUT2D eigenvalue weighted by molar-refractivity contribution is -0.113. The summed E-state index contributed by atoms with van der Waals surface area (Å²) in [5.74, 6) is 1.09. The number of rotatable bonds is 9. The highest BCUT2D eigenvalue weighted by molar-refractivity contribution is 7.10. The van der Waals surface area contributed by atoms with Crippen LogP contribution in [0.25, 0.3) is 0 Å². The molecule has 0 fully saturated rings. The third-order valence-corrected chi connectivity index (χ3v) is 5.08. The van der Waals surface area contributed by atoms with Crippen LogP contribution in [0, 0.1) is 11.8 Å². The SMILES string of the molecule is C=CC(COC)C(C=O)C(c1ccccc1)c1cc2c(cc1OP)OCO2. The van der Waals surface area contributed by atoms with Crippen molar-refractivity contribution in [1.29, 1.82) is 0 Å². The Bertz CT molecular complexity index is 793. The number of aldehydes is 1. The van der Waals surface area contributed by atoms with Gasteiger partial charge in [-0.05, 0) is 11.6 Å². The monoisotopic (exact) mass is 386 g/mol. The summed E-state index contributed by atoms with van der Waals surface area (Å²) in [5, 5.41) is 0. The number of carbonyl (C=O) groups is 1. The Balaban J connectivity index is 2.16. The zero-order valence-corrected chi connectivity index (χ0v) is 16.3. The van der Waals surface area contributed by atoms with E-state index in [1.165, 1.54) is 0 Å². The Kier molecular flexibility index (Phi) is 6.49. The van der Waals surface area contributed by atoms with E-state index in [4.69, 9.17) is 18.7 Å². The van der Waals surface area contributed by atoms with Gasteiger partial charge in [0, 0.05) is 36.5 Å². The summed E-state index contributed by atoms with van der Waals surface area (Å²) < 4.78 is 21.9. The van der Waals surface area contributed by atoms with Crippen molar-refractivity contribution in [2.75, 3.05) is 20.5 Å². The minimum atomic E-state index is -0.385. The topological polar surface area (TPSA) is 54.0 Å².